The first-order valence-electron chi connectivity index (χ1n) is 38.5. The number of carbonyl (C=O) groups excluding carboxylic acids is 4. The average molecular weight is 1420 g/mol. The van der Waals surface area contributed by atoms with Crippen molar-refractivity contribution in [3.05, 3.63) is 97.2 Å². The molecule has 0 fully saturated rings. The Labute approximate surface area is 595 Å². The quantitative estimate of drug-likeness (QED) is 0.0169. The number of aliphatic hydroxyl groups is 1. The van der Waals surface area contributed by atoms with Crippen molar-refractivity contribution in [2.45, 2.75) is 341 Å². The SMILES string of the molecule is CCCCC/C=C\C/C=C\C/C=C\C/C=C\CCCC(=O)O[C@H](COC(=O)CCCCCCC/C=C\C/C=C\CCCCC)COP(=O)(O)OC[C@@H](O)COP(=O)(O)OC[C@@H](COC(=O)CCCCCCC/C=C\CCCCCC)OC(=O)CCCCCCC/C=C\CCCCCC. The first-order chi connectivity index (χ1) is 47.7. The second-order valence-corrected chi connectivity index (χ2v) is 28.5. The Morgan fingerprint density at radius 2 is 0.510 bits per heavy atom. The number of hydrogen-bond acceptors (Lipinski definition) is 15. The number of aliphatic hydroxyl groups excluding tert-OH is 1. The molecule has 0 spiro atoms. The summed E-state index contributed by atoms with van der Waals surface area (Å²) in [6, 6.07) is 0. The molecule has 0 saturated heterocycles. The largest absolute Gasteiger partial charge is 0.472 e. The minimum atomic E-state index is -4.99. The second-order valence-electron chi connectivity index (χ2n) is 25.6. The van der Waals surface area contributed by atoms with Gasteiger partial charge in [-0.3, -0.25) is 37.3 Å². The summed E-state index contributed by atoms with van der Waals surface area (Å²) < 4.78 is 68.4. The molecule has 0 bridgehead atoms. The normalized spacial score (nSPS) is 14.5. The van der Waals surface area contributed by atoms with E-state index >= 15 is 0 Å². The number of phosphoric ester groups is 2. The number of phosphoric acid groups is 2. The standard InChI is InChI=1S/C79H138O17P2/c1-5-9-13-17-21-25-29-33-35-36-38-42-46-50-54-58-62-66-79(84)96-75(70-90-77(82)64-60-56-52-48-44-41-37-34-30-26-22-18-14-10-6-2)72-94-98(87,88)92-68-73(80)67-91-97(85,86)93-71-74(95-78(83)65-61-57-53-49-45-40-32-28-24-20-16-12-8-4)69-89-76(81)63-59-55-51-47-43-39-31-27-23-19-15-11-7-3/h21-22,25-28,31-35,37-38,42,50,54,73-75,80H,5-20,23-24,29-30,36,39-41,43-49,51-53,55-72H2,1-4H3,(H,85,86)(H,87,88)/b25-21-,26-22-,31-27-,32-28-,35-33-,37-34-,42-38-,54-50-/t73-,74+,75+/m0/s1. The van der Waals surface area contributed by atoms with Crippen molar-refractivity contribution in [1.29, 1.82) is 0 Å². The maximum Gasteiger partial charge on any atom is 0.472 e. The van der Waals surface area contributed by atoms with Gasteiger partial charge in [0.1, 0.15) is 19.3 Å². The number of esters is 4. The highest BCUT2D eigenvalue weighted by atomic mass is 31.2. The Morgan fingerprint density at radius 1 is 0.286 bits per heavy atom. The van der Waals surface area contributed by atoms with E-state index in [4.69, 9.17) is 37.0 Å². The molecule has 0 aliphatic rings. The van der Waals surface area contributed by atoms with Crippen LogP contribution in [0.3, 0.4) is 0 Å². The number of unbranched alkanes of at least 4 members (excludes halogenated alkanes) is 30. The summed E-state index contributed by atoms with van der Waals surface area (Å²) in [5.41, 5.74) is 0. The van der Waals surface area contributed by atoms with Gasteiger partial charge in [0.25, 0.3) is 0 Å². The van der Waals surface area contributed by atoms with E-state index in [-0.39, 0.29) is 25.7 Å². The molecule has 0 heterocycles. The predicted molar refractivity (Wildman–Crippen MR) is 399 cm³/mol. The summed E-state index contributed by atoms with van der Waals surface area (Å²) in [7, 11) is -9.97. The van der Waals surface area contributed by atoms with Crippen molar-refractivity contribution >= 4 is 39.5 Å². The summed E-state index contributed by atoms with van der Waals surface area (Å²) in [4.78, 5) is 72.8. The summed E-state index contributed by atoms with van der Waals surface area (Å²) in [6.07, 6.45) is 74.0. The summed E-state index contributed by atoms with van der Waals surface area (Å²) in [6.45, 7) is 4.71. The van der Waals surface area contributed by atoms with Crippen LogP contribution in [0, 0.1) is 0 Å². The molecular formula is C79H138O17P2. The summed E-state index contributed by atoms with van der Waals surface area (Å²) >= 11 is 0. The third kappa shape index (κ3) is 70.4. The highest BCUT2D eigenvalue weighted by Gasteiger charge is 2.30. The van der Waals surface area contributed by atoms with Crippen LogP contribution in [0.25, 0.3) is 0 Å². The Morgan fingerprint density at radius 3 is 0.837 bits per heavy atom. The fourth-order valence-electron chi connectivity index (χ4n) is 10.1. The molecule has 566 valence electrons. The third-order valence-electron chi connectivity index (χ3n) is 16.0. The van der Waals surface area contributed by atoms with E-state index in [1.807, 2.05) is 12.2 Å². The Hall–Kier alpha value is -4.02. The highest BCUT2D eigenvalue weighted by Crippen LogP contribution is 2.45. The molecule has 0 saturated carbocycles. The lowest BCUT2D eigenvalue weighted by Crippen LogP contribution is -2.30. The van der Waals surface area contributed by atoms with Crippen molar-refractivity contribution in [3.63, 3.8) is 0 Å². The van der Waals surface area contributed by atoms with Gasteiger partial charge in [-0.05, 0) is 148 Å². The Balaban J connectivity index is 5.41. The average Bonchev–Trinajstić information content (AvgIpc) is 1.02. The van der Waals surface area contributed by atoms with E-state index < -0.39 is 97.5 Å². The smallest absolute Gasteiger partial charge is 0.462 e. The van der Waals surface area contributed by atoms with Gasteiger partial charge in [-0.2, -0.15) is 0 Å². The van der Waals surface area contributed by atoms with Gasteiger partial charge in [0.15, 0.2) is 12.2 Å². The van der Waals surface area contributed by atoms with Gasteiger partial charge < -0.3 is 33.8 Å². The molecule has 0 aromatic carbocycles. The van der Waals surface area contributed by atoms with Gasteiger partial charge >= 0.3 is 39.5 Å². The zero-order valence-corrected chi connectivity index (χ0v) is 63.5. The van der Waals surface area contributed by atoms with Crippen molar-refractivity contribution < 1.29 is 80.2 Å². The van der Waals surface area contributed by atoms with Crippen LogP contribution in [0.15, 0.2) is 97.2 Å². The van der Waals surface area contributed by atoms with Crippen LogP contribution in [-0.2, 0) is 65.4 Å². The topological polar surface area (TPSA) is 237 Å². The molecular weight excluding hydrogens is 1280 g/mol. The van der Waals surface area contributed by atoms with Crippen LogP contribution in [0.5, 0.6) is 0 Å². The van der Waals surface area contributed by atoms with Crippen molar-refractivity contribution in [2.24, 2.45) is 0 Å². The van der Waals surface area contributed by atoms with E-state index in [1.165, 1.54) is 89.9 Å². The van der Waals surface area contributed by atoms with Crippen LogP contribution in [0.2, 0.25) is 0 Å². The number of carbonyl (C=O) groups is 4. The number of hydrogen-bond donors (Lipinski definition) is 3. The predicted octanol–water partition coefficient (Wildman–Crippen LogP) is 22.0. The molecule has 17 nitrogen and oxygen atoms in total. The first-order valence-corrected chi connectivity index (χ1v) is 41.5. The van der Waals surface area contributed by atoms with Gasteiger partial charge in [0.05, 0.1) is 26.4 Å². The van der Waals surface area contributed by atoms with Gasteiger partial charge in [-0.25, -0.2) is 9.13 Å². The van der Waals surface area contributed by atoms with Crippen LogP contribution in [0.4, 0.5) is 0 Å². The minimum absolute atomic E-state index is 0.0158. The van der Waals surface area contributed by atoms with Gasteiger partial charge in [-0.15, -0.1) is 0 Å². The van der Waals surface area contributed by atoms with E-state index in [9.17, 15) is 43.2 Å². The summed E-state index contributed by atoms with van der Waals surface area (Å²) in [5, 5.41) is 10.6. The number of ether oxygens (including phenoxy) is 4. The molecule has 2 unspecified atom stereocenters. The van der Waals surface area contributed by atoms with Crippen molar-refractivity contribution in [1.82, 2.24) is 0 Å². The van der Waals surface area contributed by atoms with E-state index in [0.717, 1.165) is 148 Å². The molecule has 3 N–H and O–H groups in total. The van der Waals surface area contributed by atoms with Crippen LogP contribution in [0.1, 0.15) is 323 Å². The zero-order chi connectivity index (χ0) is 71.8. The van der Waals surface area contributed by atoms with E-state index in [2.05, 4.69) is 113 Å². The summed E-state index contributed by atoms with van der Waals surface area (Å²) in [5.74, 6) is -2.26. The third-order valence-corrected chi connectivity index (χ3v) is 17.9. The highest BCUT2D eigenvalue weighted by molar-refractivity contribution is 7.47. The zero-order valence-electron chi connectivity index (χ0n) is 61.7. The second kappa shape index (κ2) is 71.4. The molecule has 0 aliphatic carbocycles. The molecule has 19 heteroatoms. The lowest BCUT2D eigenvalue weighted by Gasteiger charge is -2.21. The van der Waals surface area contributed by atoms with Crippen LogP contribution < -0.4 is 0 Å². The van der Waals surface area contributed by atoms with Gasteiger partial charge in [0, 0.05) is 25.7 Å². The first kappa shape index (κ1) is 94.0. The van der Waals surface area contributed by atoms with Gasteiger partial charge in [-0.1, -0.05) is 247 Å². The van der Waals surface area contributed by atoms with Crippen molar-refractivity contribution in [3.8, 4) is 0 Å². The van der Waals surface area contributed by atoms with Crippen LogP contribution >= 0.6 is 15.6 Å². The molecule has 0 radical (unpaired) electrons. The van der Waals surface area contributed by atoms with Gasteiger partial charge in [0.2, 0.25) is 0 Å². The molecule has 0 rings (SSSR count). The Kier molecular flexibility index (Phi) is 68.4. The number of allylic oxidation sites excluding steroid dienone is 16. The lowest BCUT2D eigenvalue weighted by molar-refractivity contribution is -0.161. The molecule has 98 heavy (non-hydrogen) atoms. The van der Waals surface area contributed by atoms with E-state index in [0.29, 0.717) is 32.1 Å². The molecule has 5 atom stereocenters. The molecule has 0 aliphatic heterocycles. The molecule has 0 aromatic heterocycles. The Bertz CT molecular complexity index is 2240. The number of rotatable bonds is 72. The molecule has 0 aromatic rings. The minimum Gasteiger partial charge on any atom is -0.462 e. The molecule has 0 amide bonds. The maximum absolute atomic E-state index is 13.1. The van der Waals surface area contributed by atoms with Crippen LogP contribution in [-0.4, -0.2) is 96.7 Å². The fourth-order valence-corrected chi connectivity index (χ4v) is 11.6. The lowest BCUT2D eigenvalue weighted by atomic mass is 10.1. The fraction of sp³-hybridized carbons (Fsp3) is 0.747. The maximum atomic E-state index is 13.1. The van der Waals surface area contributed by atoms with Crippen molar-refractivity contribution in [2.75, 3.05) is 39.6 Å². The monoisotopic (exact) mass is 1420 g/mol. The van der Waals surface area contributed by atoms with E-state index in [1.54, 1.807) is 0 Å².